The van der Waals surface area contributed by atoms with Crippen LogP contribution < -0.4 is 5.73 Å². The number of benzene rings is 1. The van der Waals surface area contributed by atoms with Gasteiger partial charge in [0.15, 0.2) is 6.23 Å². The normalized spacial score (nSPS) is 26.4. The van der Waals surface area contributed by atoms with E-state index < -0.39 is 24.0 Å². The van der Waals surface area contributed by atoms with Crippen LogP contribution in [0.1, 0.15) is 24.3 Å². The second kappa shape index (κ2) is 7.46. The van der Waals surface area contributed by atoms with Crippen LogP contribution in [0.5, 0.6) is 0 Å². The number of methoxy groups -OCH3 is 1. The molecule has 8 heteroatoms. The molecule has 4 rings (SSSR count). The second-order valence-corrected chi connectivity index (χ2v) is 7.07. The summed E-state index contributed by atoms with van der Waals surface area (Å²) in [5.74, 6) is 6.54. The third-order valence-corrected chi connectivity index (χ3v) is 5.36. The molecule has 3 aromatic rings. The summed E-state index contributed by atoms with van der Waals surface area (Å²) < 4.78 is 13.3. The summed E-state index contributed by atoms with van der Waals surface area (Å²) in [6.07, 6.45) is 0.559. The van der Waals surface area contributed by atoms with E-state index in [1.165, 1.54) is 13.4 Å². The molecule has 1 aliphatic rings. The molecule has 2 unspecified atom stereocenters. The Morgan fingerprint density at radius 2 is 2.03 bits per heavy atom. The third-order valence-electron chi connectivity index (χ3n) is 5.36. The predicted octanol–water partition coefficient (Wildman–Crippen LogP) is 1.07. The maximum Gasteiger partial charge on any atom is 0.167 e. The van der Waals surface area contributed by atoms with Gasteiger partial charge in [0.25, 0.3) is 0 Å². The predicted molar refractivity (Wildman–Crippen MR) is 107 cm³/mol. The molecule has 1 saturated heterocycles. The Labute approximate surface area is 167 Å². The Balaban J connectivity index is 1.87. The van der Waals surface area contributed by atoms with Gasteiger partial charge in [0, 0.05) is 18.9 Å². The number of aliphatic hydroxyl groups is 2. The number of nitrogen functional groups attached to an aromatic ring is 1. The first-order valence-corrected chi connectivity index (χ1v) is 9.17. The largest absolute Gasteiger partial charge is 0.394 e. The summed E-state index contributed by atoms with van der Waals surface area (Å²) >= 11 is 0. The van der Waals surface area contributed by atoms with Crippen molar-refractivity contribution >= 4 is 16.9 Å². The topological polar surface area (TPSA) is 116 Å². The molecule has 2 aromatic heterocycles. The molecule has 0 amide bonds. The van der Waals surface area contributed by atoms with Gasteiger partial charge < -0.3 is 30.0 Å². The number of ether oxygens (including phenoxy) is 2. The van der Waals surface area contributed by atoms with Crippen LogP contribution in [0.15, 0.2) is 42.9 Å². The Morgan fingerprint density at radius 1 is 1.28 bits per heavy atom. The molecule has 0 radical (unpaired) electrons. The van der Waals surface area contributed by atoms with Crippen molar-refractivity contribution in [2.24, 2.45) is 0 Å². The lowest BCUT2D eigenvalue weighted by Crippen LogP contribution is -2.46. The number of nitrogens with two attached hydrogens (primary N) is 1. The molecular formula is C21H22N4O4. The van der Waals surface area contributed by atoms with Gasteiger partial charge in [-0.15, -0.1) is 0 Å². The number of fused-ring (bicyclic) bond motifs is 1. The van der Waals surface area contributed by atoms with Gasteiger partial charge in [-0.05, 0) is 19.1 Å². The molecule has 150 valence electrons. The highest BCUT2D eigenvalue weighted by atomic mass is 16.6. The summed E-state index contributed by atoms with van der Waals surface area (Å²) in [7, 11) is 1.49. The highest BCUT2D eigenvalue weighted by Gasteiger charge is 2.54. The molecule has 4 N–H and O–H groups in total. The van der Waals surface area contributed by atoms with Gasteiger partial charge in [-0.25, -0.2) is 9.97 Å². The molecule has 8 nitrogen and oxygen atoms in total. The smallest absolute Gasteiger partial charge is 0.167 e. The minimum Gasteiger partial charge on any atom is -0.394 e. The molecular weight excluding hydrogens is 372 g/mol. The Kier molecular flexibility index (Phi) is 4.98. The Bertz CT molecular complexity index is 1090. The zero-order chi connectivity index (χ0) is 20.6. The van der Waals surface area contributed by atoms with Crippen LogP contribution in [0.25, 0.3) is 11.0 Å². The van der Waals surface area contributed by atoms with E-state index >= 15 is 0 Å². The van der Waals surface area contributed by atoms with Crippen molar-refractivity contribution in [1.29, 1.82) is 0 Å². The van der Waals surface area contributed by atoms with Gasteiger partial charge in [0.1, 0.15) is 35.6 Å². The molecule has 29 heavy (non-hydrogen) atoms. The average molecular weight is 394 g/mol. The minimum absolute atomic E-state index is 0.294. The number of anilines is 1. The first-order chi connectivity index (χ1) is 14.0. The van der Waals surface area contributed by atoms with E-state index in [1.54, 1.807) is 17.7 Å². The Morgan fingerprint density at radius 3 is 2.72 bits per heavy atom. The van der Waals surface area contributed by atoms with Crippen LogP contribution >= 0.6 is 0 Å². The van der Waals surface area contributed by atoms with Gasteiger partial charge in [0.2, 0.25) is 0 Å². The molecule has 3 heterocycles. The molecule has 1 aromatic carbocycles. The van der Waals surface area contributed by atoms with Gasteiger partial charge in [-0.3, -0.25) is 0 Å². The number of nitrogens with zero attached hydrogens (tertiary/aromatic N) is 3. The molecule has 0 saturated carbocycles. The SMILES string of the molecule is CO[C@]1(C)C(O)C(CO)O[C@H]1n1cc(C#Cc2ccccc2)c2c(N)ncnc21. The number of hydrogen-bond donors (Lipinski definition) is 3. The lowest BCUT2D eigenvalue weighted by Gasteiger charge is -2.31. The first-order valence-electron chi connectivity index (χ1n) is 9.17. The van der Waals surface area contributed by atoms with E-state index in [1.807, 2.05) is 30.3 Å². The number of hydrogen-bond acceptors (Lipinski definition) is 7. The minimum atomic E-state index is -1.11. The molecule has 1 aliphatic heterocycles. The lowest BCUT2D eigenvalue weighted by molar-refractivity contribution is -0.118. The fourth-order valence-electron chi connectivity index (χ4n) is 3.64. The van der Waals surface area contributed by atoms with E-state index in [9.17, 15) is 10.2 Å². The zero-order valence-corrected chi connectivity index (χ0v) is 16.1. The van der Waals surface area contributed by atoms with Crippen LogP contribution in [0.3, 0.4) is 0 Å². The van der Waals surface area contributed by atoms with E-state index in [2.05, 4.69) is 21.8 Å². The fourth-order valence-corrected chi connectivity index (χ4v) is 3.64. The van der Waals surface area contributed by atoms with Crippen LogP contribution in [0.2, 0.25) is 0 Å². The fraction of sp³-hybridized carbons (Fsp3) is 0.333. The quantitative estimate of drug-likeness (QED) is 0.569. The third kappa shape index (κ3) is 3.14. The van der Waals surface area contributed by atoms with Crippen molar-refractivity contribution in [1.82, 2.24) is 14.5 Å². The van der Waals surface area contributed by atoms with Crippen LogP contribution in [-0.2, 0) is 9.47 Å². The van der Waals surface area contributed by atoms with E-state index in [0.29, 0.717) is 22.4 Å². The standard InChI is InChI=1S/C21H22N4O4/c1-21(28-2)17(27)15(11-26)29-20(21)25-10-14(9-8-13-6-4-3-5-7-13)16-18(22)23-12-24-19(16)25/h3-7,10,12,15,17,20,26-27H,11H2,1-2H3,(H2,22,23,24)/t15?,17?,20-,21-/m1/s1. The van der Waals surface area contributed by atoms with Gasteiger partial charge in [-0.1, -0.05) is 30.0 Å². The zero-order valence-electron chi connectivity index (χ0n) is 16.1. The first kappa shape index (κ1) is 19.4. The van der Waals surface area contributed by atoms with E-state index in [0.717, 1.165) is 5.56 Å². The van der Waals surface area contributed by atoms with E-state index in [-0.39, 0.29) is 6.61 Å². The summed E-state index contributed by atoms with van der Waals surface area (Å²) in [5, 5.41) is 20.8. The molecule has 0 spiro atoms. The maximum atomic E-state index is 10.6. The van der Waals surface area contributed by atoms with E-state index in [4.69, 9.17) is 15.2 Å². The lowest BCUT2D eigenvalue weighted by atomic mass is 9.96. The van der Waals surface area contributed by atoms with Crippen molar-refractivity contribution in [3.8, 4) is 11.8 Å². The molecule has 0 aliphatic carbocycles. The molecule has 4 atom stereocenters. The highest BCUT2D eigenvalue weighted by molar-refractivity contribution is 5.92. The number of aromatic nitrogens is 3. The summed E-state index contributed by atoms with van der Waals surface area (Å²) in [6.45, 7) is 1.39. The van der Waals surface area contributed by atoms with Gasteiger partial charge in [0.05, 0.1) is 17.6 Å². The average Bonchev–Trinajstić information content (AvgIpc) is 3.24. The summed E-state index contributed by atoms with van der Waals surface area (Å²) in [4.78, 5) is 8.45. The maximum absolute atomic E-state index is 10.6. The van der Waals surface area contributed by atoms with Crippen LogP contribution in [-0.4, -0.2) is 56.3 Å². The van der Waals surface area contributed by atoms with Crippen molar-refractivity contribution in [2.45, 2.75) is 31.0 Å². The Hall–Kier alpha value is -2.96. The molecule has 1 fully saturated rings. The van der Waals surface area contributed by atoms with Crippen LogP contribution in [0.4, 0.5) is 5.82 Å². The monoisotopic (exact) mass is 394 g/mol. The van der Waals surface area contributed by atoms with Crippen molar-refractivity contribution in [3.05, 3.63) is 54.0 Å². The van der Waals surface area contributed by atoms with Gasteiger partial charge in [-0.2, -0.15) is 0 Å². The number of aliphatic hydroxyl groups excluding tert-OH is 2. The number of rotatable bonds is 3. The van der Waals surface area contributed by atoms with Crippen molar-refractivity contribution in [3.63, 3.8) is 0 Å². The van der Waals surface area contributed by atoms with Gasteiger partial charge >= 0.3 is 0 Å². The highest BCUT2D eigenvalue weighted by Crippen LogP contribution is 2.42. The van der Waals surface area contributed by atoms with Crippen LogP contribution in [0, 0.1) is 11.8 Å². The second-order valence-electron chi connectivity index (χ2n) is 7.07. The summed E-state index contributed by atoms with van der Waals surface area (Å²) in [6, 6.07) is 9.58. The van der Waals surface area contributed by atoms with Crippen molar-refractivity contribution in [2.75, 3.05) is 19.5 Å². The summed E-state index contributed by atoms with van der Waals surface area (Å²) in [5.41, 5.74) is 7.02. The molecule has 0 bridgehead atoms. The van der Waals surface area contributed by atoms with Crippen molar-refractivity contribution < 1.29 is 19.7 Å².